The zero-order valence-corrected chi connectivity index (χ0v) is 16.9. The van der Waals surface area contributed by atoms with Crippen LogP contribution in [0.2, 0.25) is 10.0 Å². The van der Waals surface area contributed by atoms with Crippen molar-refractivity contribution in [2.75, 3.05) is 5.73 Å². The number of hydrogen-bond acceptors (Lipinski definition) is 4. The highest BCUT2D eigenvalue weighted by Crippen LogP contribution is 2.42. The summed E-state index contributed by atoms with van der Waals surface area (Å²) in [5.74, 6) is 0.131. The molecule has 2 atom stereocenters. The van der Waals surface area contributed by atoms with Crippen molar-refractivity contribution in [3.05, 3.63) is 118 Å². The van der Waals surface area contributed by atoms with Crippen LogP contribution in [0.25, 0.3) is 0 Å². The second-order valence-corrected chi connectivity index (χ2v) is 7.47. The molecule has 144 valence electrons. The number of aromatic nitrogens is 3. The smallest absolute Gasteiger partial charge is 0.123 e. The Labute approximate surface area is 179 Å². The lowest BCUT2D eigenvalue weighted by atomic mass is 9.77. The summed E-state index contributed by atoms with van der Waals surface area (Å²) in [6.07, 6.45) is 5.39. The molecule has 0 saturated carbocycles. The van der Waals surface area contributed by atoms with E-state index in [4.69, 9.17) is 28.9 Å². The van der Waals surface area contributed by atoms with Gasteiger partial charge in [-0.3, -0.25) is 9.97 Å². The number of hydrogen-bond donors (Lipinski definition) is 1. The van der Waals surface area contributed by atoms with Crippen LogP contribution < -0.4 is 5.73 Å². The summed E-state index contributed by atoms with van der Waals surface area (Å²) in [7, 11) is 0. The molecule has 0 amide bonds. The minimum atomic E-state index is -0.193. The number of nitrogens with two attached hydrogens (primary N) is 1. The van der Waals surface area contributed by atoms with E-state index in [1.165, 1.54) is 0 Å². The van der Waals surface area contributed by atoms with Crippen LogP contribution in [0.4, 0.5) is 5.82 Å². The maximum absolute atomic E-state index is 6.37. The molecular weight excluding hydrogens is 403 g/mol. The van der Waals surface area contributed by atoms with Crippen LogP contribution in [0.1, 0.15) is 34.4 Å². The molecule has 3 heterocycles. The Morgan fingerprint density at radius 3 is 2.28 bits per heavy atom. The molecule has 4 rings (SSSR count). The van der Waals surface area contributed by atoms with E-state index in [-0.39, 0.29) is 11.8 Å². The molecule has 4 nitrogen and oxygen atoms in total. The molecule has 2 N–H and O–H groups in total. The standard InChI is InChI=1S/C23H18Cl2N4/c24-17-10-9-15(13-18(17)25)22(16-5-4-11-27-14-16)23(19-6-1-2-12-28-19)20-7-3-8-21(26)29-20/h1-14,22-23H,(H2,26,29). The molecule has 2 unspecified atom stereocenters. The van der Waals surface area contributed by atoms with Gasteiger partial charge in [-0.1, -0.05) is 47.5 Å². The Morgan fingerprint density at radius 2 is 1.59 bits per heavy atom. The third kappa shape index (κ3) is 4.24. The van der Waals surface area contributed by atoms with E-state index in [1.54, 1.807) is 18.5 Å². The summed E-state index contributed by atoms with van der Waals surface area (Å²) in [6, 6.07) is 21.2. The van der Waals surface area contributed by atoms with Crippen molar-refractivity contribution >= 4 is 29.0 Å². The van der Waals surface area contributed by atoms with Gasteiger partial charge in [0.1, 0.15) is 5.82 Å². The first kappa shape index (κ1) is 19.4. The summed E-state index contributed by atoms with van der Waals surface area (Å²) in [5, 5.41) is 1.01. The maximum atomic E-state index is 6.37. The molecule has 0 aliphatic carbocycles. The van der Waals surface area contributed by atoms with E-state index in [0.29, 0.717) is 15.9 Å². The molecular formula is C23H18Cl2N4. The zero-order chi connectivity index (χ0) is 20.2. The van der Waals surface area contributed by atoms with E-state index >= 15 is 0 Å². The average Bonchev–Trinajstić information content (AvgIpc) is 2.75. The molecule has 29 heavy (non-hydrogen) atoms. The van der Waals surface area contributed by atoms with Gasteiger partial charge in [0, 0.05) is 24.5 Å². The van der Waals surface area contributed by atoms with Crippen molar-refractivity contribution in [3.63, 3.8) is 0 Å². The zero-order valence-electron chi connectivity index (χ0n) is 15.4. The third-order valence-corrected chi connectivity index (χ3v) is 5.54. The van der Waals surface area contributed by atoms with Crippen molar-refractivity contribution in [1.29, 1.82) is 0 Å². The lowest BCUT2D eigenvalue weighted by Crippen LogP contribution is -2.17. The number of nitrogen functional groups attached to an aromatic ring is 1. The molecule has 0 saturated heterocycles. The largest absolute Gasteiger partial charge is 0.384 e. The number of rotatable bonds is 5. The molecule has 0 radical (unpaired) electrons. The summed E-state index contributed by atoms with van der Waals surface area (Å²) < 4.78 is 0. The van der Waals surface area contributed by atoms with Crippen molar-refractivity contribution < 1.29 is 0 Å². The molecule has 0 bridgehead atoms. The fraction of sp³-hybridized carbons (Fsp3) is 0.0870. The molecule has 1 aromatic carbocycles. The fourth-order valence-electron chi connectivity index (χ4n) is 3.54. The highest BCUT2D eigenvalue weighted by Gasteiger charge is 2.31. The first-order valence-electron chi connectivity index (χ1n) is 9.11. The SMILES string of the molecule is Nc1cccc(C(c2ccccn2)C(c2cccnc2)c2ccc(Cl)c(Cl)c2)n1. The van der Waals surface area contributed by atoms with Crippen molar-refractivity contribution in [2.24, 2.45) is 0 Å². The van der Waals surface area contributed by atoms with Gasteiger partial charge in [0.05, 0.1) is 27.4 Å². The average molecular weight is 421 g/mol. The molecule has 0 fully saturated rings. The molecule has 0 aliphatic heterocycles. The highest BCUT2D eigenvalue weighted by molar-refractivity contribution is 6.42. The van der Waals surface area contributed by atoms with Crippen molar-refractivity contribution in [2.45, 2.75) is 11.8 Å². The number of benzene rings is 1. The normalized spacial score (nSPS) is 13.0. The number of halogens is 2. The van der Waals surface area contributed by atoms with Gasteiger partial charge >= 0.3 is 0 Å². The summed E-state index contributed by atoms with van der Waals surface area (Å²) >= 11 is 12.5. The molecule has 4 aromatic rings. The number of nitrogens with zero attached hydrogens (tertiary/aromatic N) is 3. The number of anilines is 1. The van der Waals surface area contributed by atoms with Gasteiger partial charge in [-0.05, 0) is 53.6 Å². The van der Waals surface area contributed by atoms with Gasteiger partial charge in [-0.2, -0.15) is 0 Å². The van der Waals surface area contributed by atoms with E-state index in [9.17, 15) is 0 Å². The molecule has 3 aromatic heterocycles. The second kappa shape index (κ2) is 8.60. The molecule has 0 spiro atoms. The monoisotopic (exact) mass is 420 g/mol. The van der Waals surface area contributed by atoms with Crippen molar-refractivity contribution in [1.82, 2.24) is 15.0 Å². The summed E-state index contributed by atoms with van der Waals surface area (Å²) in [5.41, 5.74) is 9.73. The second-order valence-electron chi connectivity index (χ2n) is 6.66. The van der Waals surface area contributed by atoms with Gasteiger partial charge in [0.15, 0.2) is 0 Å². The molecule has 6 heteroatoms. The highest BCUT2D eigenvalue weighted by atomic mass is 35.5. The van der Waals surface area contributed by atoms with Crippen LogP contribution in [0.15, 0.2) is 85.3 Å². The minimum absolute atomic E-state index is 0.136. The van der Waals surface area contributed by atoms with Gasteiger partial charge < -0.3 is 5.73 Å². The Balaban J connectivity index is 1.96. The van der Waals surface area contributed by atoms with E-state index in [2.05, 4.69) is 15.0 Å². The van der Waals surface area contributed by atoms with Gasteiger partial charge in [-0.15, -0.1) is 0 Å². The first-order chi connectivity index (χ1) is 14.1. The van der Waals surface area contributed by atoms with Crippen LogP contribution in [0.5, 0.6) is 0 Å². The third-order valence-electron chi connectivity index (χ3n) is 4.80. The first-order valence-corrected chi connectivity index (χ1v) is 9.87. The Bertz CT molecular complexity index is 1100. The Kier molecular flexibility index (Phi) is 5.74. The molecule has 0 aliphatic rings. The van der Waals surface area contributed by atoms with Crippen LogP contribution in [0, 0.1) is 0 Å². The van der Waals surface area contributed by atoms with Gasteiger partial charge in [-0.25, -0.2) is 4.98 Å². The van der Waals surface area contributed by atoms with Crippen molar-refractivity contribution in [3.8, 4) is 0 Å². The van der Waals surface area contributed by atoms with Gasteiger partial charge in [0.25, 0.3) is 0 Å². The maximum Gasteiger partial charge on any atom is 0.123 e. The fourth-order valence-corrected chi connectivity index (χ4v) is 3.84. The summed E-state index contributed by atoms with van der Waals surface area (Å²) in [4.78, 5) is 13.6. The Hall–Kier alpha value is -2.95. The van der Waals surface area contributed by atoms with Crippen LogP contribution in [0.3, 0.4) is 0 Å². The van der Waals surface area contributed by atoms with E-state index in [1.807, 2.05) is 66.9 Å². The Morgan fingerprint density at radius 1 is 0.724 bits per heavy atom. The van der Waals surface area contributed by atoms with E-state index < -0.39 is 0 Å². The predicted octanol–water partition coefficient (Wildman–Crippen LogP) is 5.72. The summed E-state index contributed by atoms with van der Waals surface area (Å²) in [6.45, 7) is 0. The predicted molar refractivity (Wildman–Crippen MR) is 117 cm³/mol. The number of pyridine rings is 3. The quantitative estimate of drug-likeness (QED) is 0.447. The van der Waals surface area contributed by atoms with Crippen LogP contribution in [-0.4, -0.2) is 15.0 Å². The van der Waals surface area contributed by atoms with Crippen LogP contribution >= 0.6 is 23.2 Å². The van der Waals surface area contributed by atoms with Gasteiger partial charge in [0.2, 0.25) is 0 Å². The lowest BCUT2D eigenvalue weighted by Gasteiger charge is -2.28. The lowest BCUT2D eigenvalue weighted by molar-refractivity contribution is 0.655. The van der Waals surface area contributed by atoms with E-state index in [0.717, 1.165) is 22.5 Å². The minimum Gasteiger partial charge on any atom is -0.384 e. The van der Waals surface area contributed by atoms with Crippen LogP contribution in [-0.2, 0) is 0 Å². The topological polar surface area (TPSA) is 64.7 Å².